The summed E-state index contributed by atoms with van der Waals surface area (Å²) in [5.41, 5.74) is 2.97. The van der Waals surface area contributed by atoms with Crippen LogP contribution in [0.3, 0.4) is 0 Å². The molecule has 1 aromatic carbocycles. The van der Waals surface area contributed by atoms with Gasteiger partial charge in [-0.05, 0) is 31.2 Å². The van der Waals surface area contributed by atoms with Gasteiger partial charge in [-0.15, -0.1) is 11.6 Å². The van der Waals surface area contributed by atoms with Crippen molar-refractivity contribution in [3.63, 3.8) is 0 Å². The number of aryl methyl sites for hydroxylation is 2. The van der Waals surface area contributed by atoms with Crippen molar-refractivity contribution in [1.82, 2.24) is 9.78 Å². The van der Waals surface area contributed by atoms with E-state index in [2.05, 4.69) is 10.4 Å². The summed E-state index contributed by atoms with van der Waals surface area (Å²) in [6.45, 7) is 2.89. The SMILES string of the molecule is Cc1nn(C)cc1COc1ccc(NCC(O)CCl)cc1. The third kappa shape index (κ3) is 4.65. The summed E-state index contributed by atoms with van der Waals surface area (Å²) in [5.74, 6) is 1.01. The third-order valence-electron chi connectivity index (χ3n) is 3.08. The Kier molecular flexibility index (Phi) is 5.47. The topological polar surface area (TPSA) is 59.3 Å². The third-order valence-corrected chi connectivity index (χ3v) is 3.44. The highest BCUT2D eigenvalue weighted by Gasteiger charge is 2.04. The Bertz CT molecular complexity index is 569. The molecule has 0 saturated heterocycles. The number of aliphatic hydroxyl groups excluding tert-OH is 1. The van der Waals surface area contributed by atoms with Crippen LogP contribution >= 0.6 is 11.6 Å². The minimum absolute atomic E-state index is 0.221. The molecule has 0 radical (unpaired) electrons. The summed E-state index contributed by atoms with van der Waals surface area (Å²) in [5, 5.41) is 16.8. The number of alkyl halides is 1. The van der Waals surface area contributed by atoms with E-state index in [4.69, 9.17) is 16.3 Å². The van der Waals surface area contributed by atoms with Gasteiger partial charge in [0.1, 0.15) is 12.4 Å². The molecule has 0 spiro atoms. The molecule has 114 valence electrons. The maximum atomic E-state index is 9.39. The largest absolute Gasteiger partial charge is 0.489 e. The molecular formula is C15H20ClN3O2. The molecule has 5 nitrogen and oxygen atoms in total. The maximum absolute atomic E-state index is 9.39. The van der Waals surface area contributed by atoms with E-state index in [1.54, 1.807) is 4.68 Å². The number of aliphatic hydroxyl groups is 1. The Balaban J connectivity index is 1.86. The Morgan fingerprint density at radius 1 is 1.38 bits per heavy atom. The van der Waals surface area contributed by atoms with Gasteiger partial charge in [-0.3, -0.25) is 4.68 Å². The fourth-order valence-electron chi connectivity index (χ4n) is 1.91. The Morgan fingerprint density at radius 3 is 2.67 bits per heavy atom. The van der Waals surface area contributed by atoms with Crippen LogP contribution in [0.5, 0.6) is 5.75 Å². The normalized spacial score (nSPS) is 12.2. The zero-order valence-electron chi connectivity index (χ0n) is 12.2. The van der Waals surface area contributed by atoms with E-state index in [9.17, 15) is 5.11 Å². The number of hydrogen-bond donors (Lipinski definition) is 2. The average Bonchev–Trinajstić information content (AvgIpc) is 2.81. The van der Waals surface area contributed by atoms with Crippen LogP contribution in [0.4, 0.5) is 5.69 Å². The van der Waals surface area contributed by atoms with Crippen molar-refractivity contribution in [1.29, 1.82) is 0 Å². The molecule has 1 heterocycles. The van der Waals surface area contributed by atoms with Gasteiger partial charge in [0, 0.05) is 31.0 Å². The lowest BCUT2D eigenvalue weighted by Gasteiger charge is -2.11. The summed E-state index contributed by atoms with van der Waals surface area (Å²) >= 11 is 5.54. The Labute approximate surface area is 129 Å². The first-order chi connectivity index (χ1) is 10.1. The van der Waals surface area contributed by atoms with Gasteiger partial charge >= 0.3 is 0 Å². The van der Waals surface area contributed by atoms with Crippen LogP contribution in [0.2, 0.25) is 0 Å². The number of rotatable bonds is 7. The molecule has 0 saturated carbocycles. The van der Waals surface area contributed by atoms with E-state index in [-0.39, 0.29) is 5.88 Å². The van der Waals surface area contributed by atoms with Gasteiger partial charge in [0.2, 0.25) is 0 Å². The van der Waals surface area contributed by atoms with Crippen molar-refractivity contribution in [3.05, 3.63) is 41.7 Å². The lowest BCUT2D eigenvalue weighted by molar-refractivity contribution is 0.211. The number of nitrogens with one attached hydrogen (secondary N) is 1. The second-order valence-electron chi connectivity index (χ2n) is 4.92. The Hall–Kier alpha value is -1.72. The van der Waals surface area contributed by atoms with Gasteiger partial charge in [-0.1, -0.05) is 0 Å². The number of ether oxygens (including phenoxy) is 1. The van der Waals surface area contributed by atoms with Crippen LogP contribution in [0.15, 0.2) is 30.5 Å². The van der Waals surface area contributed by atoms with Gasteiger partial charge in [0.05, 0.1) is 17.7 Å². The van der Waals surface area contributed by atoms with Crippen LogP contribution in [-0.2, 0) is 13.7 Å². The first-order valence-electron chi connectivity index (χ1n) is 6.78. The maximum Gasteiger partial charge on any atom is 0.119 e. The molecule has 0 fully saturated rings. The molecule has 2 rings (SSSR count). The lowest BCUT2D eigenvalue weighted by Crippen LogP contribution is -2.20. The first-order valence-corrected chi connectivity index (χ1v) is 7.32. The van der Waals surface area contributed by atoms with Gasteiger partial charge in [0.25, 0.3) is 0 Å². The minimum Gasteiger partial charge on any atom is -0.489 e. The second-order valence-corrected chi connectivity index (χ2v) is 5.22. The molecule has 21 heavy (non-hydrogen) atoms. The van der Waals surface area contributed by atoms with Gasteiger partial charge < -0.3 is 15.2 Å². The zero-order chi connectivity index (χ0) is 15.2. The molecule has 1 aromatic heterocycles. The molecule has 2 aromatic rings. The molecule has 0 aliphatic carbocycles. The van der Waals surface area contributed by atoms with E-state index in [1.807, 2.05) is 44.4 Å². The summed E-state index contributed by atoms with van der Waals surface area (Å²) < 4.78 is 7.52. The van der Waals surface area contributed by atoms with E-state index in [0.29, 0.717) is 13.2 Å². The molecule has 0 amide bonds. The monoisotopic (exact) mass is 309 g/mol. The molecular weight excluding hydrogens is 290 g/mol. The van der Waals surface area contributed by atoms with Gasteiger partial charge in [-0.25, -0.2) is 0 Å². The zero-order valence-corrected chi connectivity index (χ0v) is 13.0. The number of nitrogens with zero attached hydrogens (tertiary/aromatic N) is 2. The fraction of sp³-hybridized carbons (Fsp3) is 0.400. The van der Waals surface area contributed by atoms with E-state index < -0.39 is 6.10 Å². The number of benzene rings is 1. The molecule has 0 aliphatic heterocycles. The van der Waals surface area contributed by atoms with Crippen molar-refractivity contribution >= 4 is 17.3 Å². The predicted molar refractivity (Wildman–Crippen MR) is 83.9 cm³/mol. The Morgan fingerprint density at radius 2 is 2.10 bits per heavy atom. The predicted octanol–water partition coefficient (Wildman–Crippen LogP) is 2.32. The van der Waals surface area contributed by atoms with Crippen LogP contribution in [0.1, 0.15) is 11.3 Å². The first kappa shape index (κ1) is 15.7. The highest BCUT2D eigenvalue weighted by molar-refractivity contribution is 6.18. The lowest BCUT2D eigenvalue weighted by atomic mass is 10.2. The van der Waals surface area contributed by atoms with Crippen molar-refractivity contribution in [3.8, 4) is 5.75 Å². The smallest absolute Gasteiger partial charge is 0.119 e. The molecule has 2 N–H and O–H groups in total. The molecule has 1 atom stereocenters. The fourth-order valence-corrected chi connectivity index (χ4v) is 2.02. The minimum atomic E-state index is -0.545. The number of aromatic nitrogens is 2. The van der Waals surface area contributed by atoms with Crippen LogP contribution < -0.4 is 10.1 Å². The molecule has 0 aliphatic rings. The van der Waals surface area contributed by atoms with Crippen molar-refractivity contribution in [2.45, 2.75) is 19.6 Å². The van der Waals surface area contributed by atoms with E-state index in [0.717, 1.165) is 22.7 Å². The second kappa shape index (κ2) is 7.33. The van der Waals surface area contributed by atoms with E-state index >= 15 is 0 Å². The average molecular weight is 310 g/mol. The van der Waals surface area contributed by atoms with Crippen LogP contribution in [0, 0.1) is 6.92 Å². The number of hydrogen-bond acceptors (Lipinski definition) is 4. The molecule has 0 bridgehead atoms. The highest BCUT2D eigenvalue weighted by Crippen LogP contribution is 2.17. The van der Waals surface area contributed by atoms with Crippen LogP contribution in [-0.4, -0.2) is 33.4 Å². The molecule has 1 unspecified atom stereocenters. The number of anilines is 1. The van der Waals surface area contributed by atoms with Gasteiger partial charge in [0.15, 0.2) is 0 Å². The number of halogens is 1. The molecule has 6 heteroatoms. The van der Waals surface area contributed by atoms with Crippen molar-refractivity contribution in [2.75, 3.05) is 17.7 Å². The van der Waals surface area contributed by atoms with Gasteiger partial charge in [-0.2, -0.15) is 5.10 Å². The summed E-state index contributed by atoms with van der Waals surface area (Å²) in [7, 11) is 1.90. The standard InChI is InChI=1S/C15H20ClN3O2/c1-11-12(9-19(2)18-11)10-21-15-5-3-13(4-6-15)17-8-14(20)7-16/h3-6,9,14,17,20H,7-8,10H2,1-2H3. The summed E-state index contributed by atoms with van der Waals surface area (Å²) in [4.78, 5) is 0. The summed E-state index contributed by atoms with van der Waals surface area (Å²) in [6.07, 6.45) is 1.41. The van der Waals surface area contributed by atoms with Crippen LogP contribution in [0.25, 0.3) is 0 Å². The van der Waals surface area contributed by atoms with Crippen molar-refractivity contribution in [2.24, 2.45) is 7.05 Å². The highest BCUT2D eigenvalue weighted by atomic mass is 35.5. The quantitative estimate of drug-likeness (QED) is 0.771. The van der Waals surface area contributed by atoms with Crippen molar-refractivity contribution < 1.29 is 9.84 Å². The van der Waals surface area contributed by atoms with E-state index in [1.165, 1.54) is 0 Å². The summed E-state index contributed by atoms with van der Waals surface area (Å²) in [6, 6.07) is 7.60.